The molecule has 0 unspecified atom stereocenters. The van der Waals surface area contributed by atoms with Crippen molar-refractivity contribution in [3.63, 3.8) is 0 Å². The van der Waals surface area contributed by atoms with Crippen LogP contribution in [0.25, 0.3) is 0 Å². The molecule has 0 atom stereocenters. The Kier molecular flexibility index (Phi) is 10.1. The number of amides is 1. The minimum absolute atomic E-state index is 0.00403. The molecule has 1 aromatic carbocycles. The van der Waals surface area contributed by atoms with Crippen molar-refractivity contribution < 1.29 is 24.2 Å². The van der Waals surface area contributed by atoms with Gasteiger partial charge >= 0.3 is 5.97 Å². The molecule has 0 heterocycles. The van der Waals surface area contributed by atoms with Gasteiger partial charge in [-0.05, 0) is 37.5 Å². The predicted molar refractivity (Wildman–Crippen MR) is 96.2 cm³/mol. The van der Waals surface area contributed by atoms with Crippen molar-refractivity contribution in [1.29, 1.82) is 0 Å². The lowest BCUT2D eigenvalue weighted by atomic mass is 10.1. The second-order valence-corrected chi connectivity index (χ2v) is 5.76. The van der Waals surface area contributed by atoms with Crippen LogP contribution < -0.4 is 14.8 Å². The number of unbranched alkanes of at least 4 members (excludes halogenated alkanes) is 2. The number of nitrogens with one attached hydrogen (secondary N) is 1. The van der Waals surface area contributed by atoms with Crippen LogP contribution in [0.3, 0.4) is 0 Å². The van der Waals surface area contributed by atoms with E-state index in [2.05, 4.69) is 12.2 Å². The third kappa shape index (κ3) is 8.98. The fourth-order valence-corrected chi connectivity index (χ4v) is 2.28. The predicted octanol–water partition coefficient (Wildman–Crippen LogP) is 3.18. The largest absolute Gasteiger partial charge is 0.490 e. The van der Waals surface area contributed by atoms with E-state index in [9.17, 15) is 9.59 Å². The van der Waals surface area contributed by atoms with Gasteiger partial charge in [-0.1, -0.05) is 25.8 Å². The third-order valence-electron chi connectivity index (χ3n) is 3.62. The molecule has 0 saturated carbocycles. The number of carbonyl (C=O) groups is 2. The molecule has 6 heteroatoms. The van der Waals surface area contributed by atoms with Crippen molar-refractivity contribution in [1.82, 2.24) is 5.32 Å². The van der Waals surface area contributed by atoms with E-state index in [-0.39, 0.29) is 18.7 Å². The molecule has 1 amide bonds. The summed E-state index contributed by atoms with van der Waals surface area (Å²) in [5.74, 6) is 0.246. The maximum atomic E-state index is 11.5. The number of hydrogen-bond acceptors (Lipinski definition) is 4. The van der Waals surface area contributed by atoms with Crippen LogP contribution in [-0.2, 0) is 16.0 Å². The van der Waals surface area contributed by atoms with E-state index >= 15 is 0 Å². The molecule has 0 aliphatic rings. The summed E-state index contributed by atoms with van der Waals surface area (Å²) in [4.78, 5) is 21.9. The number of carboxylic acid groups (broad SMARTS) is 1. The molecule has 0 aliphatic heterocycles. The number of hydrogen-bond donors (Lipinski definition) is 2. The first-order chi connectivity index (χ1) is 12.1. The van der Waals surface area contributed by atoms with Gasteiger partial charge in [0.2, 0.25) is 5.91 Å². The summed E-state index contributed by atoms with van der Waals surface area (Å²) in [5, 5.41) is 11.3. The molecular formula is C19H29NO5. The summed E-state index contributed by atoms with van der Waals surface area (Å²) in [6.07, 6.45) is 3.82. The molecule has 1 rings (SSSR count). The number of carbonyl (C=O) groups excluding carboxylic acids is 1. The molecule has 0 aromatic heterocycles. The minimum atomic E-state index is -0.967. The smallest absolute Gasteiger partial charge is 0.303 e. The highest BCUT2D eigenvalue weighted by molar-refractivity contribution is 5.80. The Bertz CT molecular complexity index is 545. The Morgan fingerprint density at radius 3 is 2.56 bits per heavy atom. The van der Waals surface area contributed by atoms with Gasteiger partial charge in [0.15, 0.2) is 11.5 Å². The first-order valence-electron chi connectivity index (χ1n) is 8.93. The average molecular weight is 351 g/mol. The fourth-order valence-electron chi connectivity index (χ4n) is 2.28. The molecule has 0 fully saturated rings. The minimum Gasteiger partial charge on any atom is -0.490 e. The second kappa shape index (κ2) is 12.2. The summed E-state index contributed by atoms with van der Waals surface area (Å²) in [6, 6.07) is 5.79. The van der Waals surface area contributed by atoms with Gasteiger partial charge in [-0.15, -0.1) is 0 Å². The van der Waals surface area contributed by atoms with Gasteiger partial charge in [0.25, 0.3) is 0 Å². The molecule has 0 spiro atoms. The summed E-state index contributed by atoms with van der Waals surface area (Å²) >= 11 is 0. The van der Waals surface area contributed by atoms with E-state index < -0.39 is 5.97 Å². The zero-order valence-corrected chi connectivity index (χ0v) is 15.2. The van der Waals surface area contributed by atoms with Crippen LogP contribution in [-0.4, -0.2) is 36.7 Å². The highest BCUT2D eigenvalue weighted by Gasteiger charge is 2.08. The van der Waals surface area contributed by atoms with E-state index in [1.165, 1.54) is 0 Å². The third-order valence-corrected chi connectivity index (χ3v) is 3.62. The van der Waals surface area contributed by atoms with Crippen molar-refractivity contribution in [2.75, 3.05) is 19.8 Å². The van der Waals surface area contributed by atoms with Crippen LogP contribution in [0.5, 0.6) is 11.5 Å². The molecule has 1 aromatic rings. The lowest BCUT2D eigenvalue weighted by Crippen LogP contribution is -2.26. The summed E-state index contributed by atoms with van der Waals surface area (Å²) in [7, 11) is 0. The number of rotatable bonds is 13. The van der Waals surface area contributed by atoms with Gasteiger partial charge in [-0.2, -0.15) is 0 Å². The van der Waals surface area contributed by atoms with E-state index in [1.807, 2.05) is 25.1 Å². The van der Waals surface area contributed by atoms with Crippen molar-refractivity contribution in [3.05, 3.63) is 23.8 Å². The Morgan fingerprint density at radius 2 is 1.88 bits per heavy atom. The second-order valence-electron chi connectivity index (χ2n) is 5.76. The Hall–Kier alpha value is -2.24. The number of aliphatic carboxylic acids is 1. The SMILES string of the molecule is CCCCCOc1ccc(CCNC(=O)CCC(=O)O)cc1OCC. The lowest BCUT2D eigenvalue weighted by Gasteiger charge is -2.13. The first-order valence-corrected chi connectivity index (χ1v) is 8.93. The lowest BCUT2D eigenvalue weighted by molar-refractivity contribution is -0.138. The van der Waals surface area contributed by atoms with E-state index in [0.717, 1.165) is 30.6 Å². The quantitative estimate of drug-likeness (QED) is 0.533. The maximum Gasteiger partial charge on any atom is 0.303 e. The van der Waals surface area contributed by atoms with Gasteiger partial charge < -0.3 is 19.9 Å². The topological polar surface area (TPSA) is 84.9 Å². The molecule has 140 valence electrons. The van der Waals surface area contributed by atoms with Crippen LogP contribution >= 0.6 is 0 Å². The van der Waals surface area contributed by atoms with Crippen LogP contribution in [0.1, 0.15) is 51.5 Å². The molecule has 25 heavy (non-hydrogen) atoms. The molecule has 0 aliphatic carbocycles. The van der Waals surface area contributed by atoms with Crippen molar-refractivity contribution in [2.45, 2.75) is 52.4 Å². The van der Waals surface area contributed by atoms with Crippen molar-refractivity contribution in [3.8, 4) is 11.5 Å². The highest BCUT2D eigenvalue weighted by Crippen LogP contribution is 2.29. The molecule has 0 bridgehead atoms. The zero-order chi connectivity index (χ0) is 18.5. The number of ether oxygens (including phenoxy) is 2. The van der Waals surface area contributed by atoms with Crippen molar-refractivity contribution in [2.24, 2.45) is 0 Å². The van der Waals surface area contributed by atoms with Gasteiger partial charge in [0.05, 0.1) is 19.6 Å². The van der Waals surface area contributed by atoms with Crippen LogP contribution in [0.2, 0.25) is 0 Å². The van der Waals surface area contributed by atoms with Crippen molar-refractivity contribution >= 4 is 11.9 Å². The molecule has 0 radical (unpaired) electrons. The molecule has 6 nitrogen and oxygen atoms in total. The first kappa shape index (κ1) is 20.8. The standard InChI is InChI=1S/C19H29NO5/c1-3-5-6-13-25-16-8-7-15(14-17(16)24-4-2)11-12-20-18(21)9-10-19(22)23/h7-8,14H,3-6,9-13H2,1-2H3,(H,20,21)(H,22,23). The molecule has 0 saturated heterocycles. The Balaban J connectivity index is 2.50. The summed E-state index contributed by atoms with van der Waals surface area (Å²) in [5.41, 5.74) is 1.03. The van der Waals surface area contributed by atoms with Gasteiger partial charge in [-0.3, -0.25) is 9.59 Å². The number of benzene rings is 1. The van der Waals surface area contributed by atoms with Crippen LogP contribution in [0.15, 0.2) is 18.2 Å². The monoisotopic (exact) mass is 351 g/mol. The summed E-state index contributed by atoms with van der Waals surface area (Å²) in [6.45, 7) is 5.77. The van der Waals surface area contributed by atoms with Gasteiger partial charge in [0, 0.05) is 13.0 Å². The van der Waals surface area contributed by atoms with E-state index in [0.29, 0.717) is 31.9 Å². The maximum absolute atomic E-state index is 11.5. The molecular weight excluding hydrogens is 322 g/mol. The average Bonchev–Trinajstić information content (AvgIpc) is 2.58. The van der Waals surface area contributed by atoms with Crippen LogP contribution in [0, 0.1) is 0 Å². The fraction of sp³-hybridized carbons (Fsp3) is 0.579. The van der Waals surface area contributed by atoms with E-state index in [4.69, 9.17) is 14.6 Å². The Morgan fingerprint density at radius 1 is 1.08 bits per heavy atom. The van der Waals surface area contributed by atoms with E-state index in [1.54, 1.807) is 0 Å². The van der Waals surface area contributed by atoms with Crippen LogP contribution in [0.4, 0.5) is 0 Å². The zero-order valence-electron chi connectivity index (χ0n) is 15.2. The van der Waals surface area contributed by atoms with Gasteiger partial charge in [-0.25, -0.2) is 0 Å². The summed E-state index contributed by atoms with van der Waals surface area (Å²) < 4.78 is 11.4. The highest BCUT2D eigenvalue weighted by atomic mass is 16.5. The molecule has 2 N–H and O–H groups in total. The number of carboxylic acids is 1. The normalized spacial score (nSPS) is 10.3. The Labute approximate surface area is 149 Å². The van der Waals surface area contributed by atoms with Gasteiger partial charge in [0.1, 0.15) is 0 Å².